The van der Waals surface area contributed by atoms with Crippen molar-refractivity contribution >= 4 is 28.7 Å². The average molecular weight is 407 g/mol. The van der Waals surface area contributed by atoms with Gasteiger partial charge in [0.25, 0.3) is 0 Å². The summed E-state index contributed by atoms with van der Waals surface area (Å²) >= 11 is 1.21. The third-order valence-corrected chi connectivity index (χ3v) is 4.98. The first kappa shape index (κ1) is 20.3. The van der Waals surface area contributed by atoms with Crippen molar-refractivity contribution in [2.24, 2.45) is 0 Å². The number of aromatic nitrogens is 2. The molecule has 1 heterocycles. The Morgan fingerprint density at radius 3 is 2.54 bits per heavy atom. The first-order valence-electron chi connectivity index (χ1n) is 8.77. The zero-order chi connectivity index (χ0) is 20.3. The predicted octanol–water partition coefficient (Wildman–Crippen LogP) is 4.72. The van der Waals surface area contributed by atoms with E-state index in [1.54, 1.807) is 0 Å². The van der Waals surface area contributed by atoms with Crippen molar-refractivity contribution in [3.8, 4) is 0 Å². The lowest BCUT2D eigenvalue weighted by atomic mass is 10.2. The molecule has 2 aromatic carbocycles. The van der Waals surface area contributed by atoms with E-state index in [1.165, 1.54) is 17.8 Å². The van der Waals surface area contributed by atoms with E-state index in [0.29, 0.717) is 17.2 Å². The molecule has 1 aromatic heterocycles. The zero-order valence-corrected chi connectivity index (χ0v) is 16.3. The van der Waals surface area contributed by atoms with Gasteiger partial charge in [0, 0.05) is 6.04 Å². The highest BCUT2D eigenvalue weighted by Crippen LogP contribution is 2.33. The fourth-order valence-electron chi connectivity index (χ4n) is 2.81. The van der Waals surface area contributed by atoms with Gasteiger partial charge in [0.15, 0.2) is 5.16 Å². The minimum Gasteiger partial charge on any atom is -0.353 e. The molecule has 0 radical (unpaired) electrons. The van der Waals surface area contributed by atoms with E-state index in [4.69, 9.17) is 0 Å². The highest BCUT2D eigenvalue weighted by Gasteiger charge is 2.31. The van der Waals surface area contributed by atoms with Crippen molar-refractivity contribution in [3.05, 3.63) is 59.7 Å². The van der Waals surface area contributed by atoms with Gasteiger partial charge in [0.2, 0.25) is 5.91 Å². The predicted molar refractivity (Wildman–Crippen MR) is 104 cm³/mol. The van der Waals surface area contributed by atoms with E-state index >= 15 is 0 Å². The van der Waals surface area contributed by atoms with Crippen molar-refractivity contribution in [1.29, 1.82) is 0 Å². The molecule has 3 rings (SSSR count). The number of nitrogens with zero attached hydrogens (tertiary/aromatic N) is 2. The number of hydrogen-bond acceptors (Lipinski definition) is 3. The van der Waals surface area contributed by atoms with Crippen LogP contribution in [-0.2, 0) is 17.5 Å². The van der Waals surface area contributed by atoms with Gasteiger partial charge in [0.05, 0.1) is 28.9 Å². The Morgan fingerprint density at radius 1 is 1.18 bits per heavy atom. The summed E-state index contributed by atoms with van der Waals surface area (Å²) in [6.07, 6.45) is -4.43. The van der Waals surface area contributed by atoms with Gasteiger partial charge in [0.1, 0.15) is 0 Å². The summed E-state index contributed by atoms with van der Waals surface area (Å²) in [7, 11) is 0. The van der Waals surface area contributed by atoms with Gasteiger partial charge in [-0.25, -0.2) is 4.98 Å². The van der Waals surface area contributed by atoms with Crippen LogP contribution >= 0.6 is 11.8 Å². The summed E-state index contributed by atoms with van der Waals surface area (Å²) in [4.78, 5) is 16.4. The number of imidazole rings is 1. The fourth-order valence-corrected chi connectivity index (χ4v) is 3.63. The number of benzene rings is 2. The van der Waals surface area contributed by atoms with Crippen molar-refractivity contribution in [3.63, 3.8) is 0 Å². The lowest BCUT2D eigenvalue weighted by Gasteiger charge is -2.11. The Balaban J connectivity index is 1.96. The maximum Gasteiger partial charge on any atom is 0.416 e. The number of nitrogens with one attached hydrogen (secondary N) is 1. The molecule has 1 amide bonds. The highest BCUT2D eigenvalue weighted by atomic mass is 32.2. The first-order valence-corrected chi connectivity index (χ1v) is 9.76. The minimum absolute atomic E-state index is 0.0191. The minimum atomic E-state index is -4.43. The van der Waals surface area contributed by atoms with Crippen LogP contribution in [0.15, 0.2) is 53.7 Å². The summed E-state index contributed by atoms with van der Waals surface area (Å²) in [5, 5.41) is 3.31. The quantitative estimate of drug-likeness (QED) is 0.602. The number of fused-ring (bicyclic) bond motifs is 1. The molecular formula is C20H20F3N3OS. The topological polar surface area (TPSA) is 46.9 Å². The summed E-state index contributed by atoms with van der Waals surface area (Å²) in [6, 6.07) is 13.2. The molecule has 0 bridgehead atoms. The van der Waals surface area contributed by atoms with E-state index in [2.05, 4.69) is 10.3 Å². The molecule has 0 aliphatic carbocycles. The summed E-state index contributed by atoms with van der Waals surface area (Å²) in [5.41, 5.74) is 1.12. The number of alkyl halides is 3. The largest absolute Gasteiger partial charge is 0.416 e. The third-order valence-electron chi connectivity index (χ3n) is 4.01. The second kappa shape index (κ2) is 8.26. The van der Waals surface area contributed by atoms with Gasteiger partial charge in [-0.1, -0.05) is 42.1 Å². The molecule has 4 nitrogen and oxygen atoms in total. The molecule has 0 unspecified atom stereocenters. The maximum atomic E-state index is 13.1. The number of amides is 1. The first-order chi connectivity index (χ1) is 13.2. The Morgan fingerprint density at radius 2 is 1.89 bits per heavy atom. The summed E-state index contributed by atoms with van der Waals surface area (Å²) < 4.78 is 41.0. The number of carbonyl (C=O) groups is 1. The molecule has 0 fully saturated rings. The molecule has 0 spiro atoms. The molecule has 0 saturated carbocycles. The van der Waals surface area contributed by atoms with Gasteiger partial charge in [-0.3, -0.25) is 4.79 Å². The van der Waals surface area contributed by atoms with Crippen LogP contribution in [0, 0.1) is 0 Å². The molecule has 28 heavy (non-hydrogen) atoms. The van der Waals surface area contributed by atoms with Crippen LogP contribution in [-0.4, -0.2) is 27.3 Å². The molecule has 0 atom stereocenters. The number of rotatable bonds is 6. The smallest absolute Gasteiger partial charge is 0.353 e. The highest BCUT2D eigenvalue weighted by molar-refractivity contribution is 7.99. The number of thioether (sulfide) groups is 1. The molecule has 3 aromatic rings. The number of halogens is 3. The van der Waals surface area contributed by atoms with Crippen LogP contribution in [0.2, 0.25) is 0 Å². The lowest BCUT2D eigenvalue weighted by molar-refractivity contribution is -0.137. The normalized spacial score (nSPS) is 11.9. The Kier molecular flexibility index (Phi) is 5.98. The molecule has 1 N–H and O–H groups in total. The molecule has 148 valence electrons. The standard InChI is InChI=1S/C20H20F3N3OS/c1-13(2)24-18(27)12-28-19-25-16-10-15(20(21,22)23)8-9-17(16)26(19)11-14-6-4-3-5-7-14/h3-10,13H,11-12H2,1-2H3,(H,24,27). The molecule has 8 heteroatoms. The van der Waals surface area contributed by atoms with Crippen LogP contribution in [0.3, 0.4) is 0 Å². The third kappa shape index (κ3) is 4.86. The van der Waals surface area contributed by atoms with E-state index < -0.39 is 11.7 Å². The fraction of sp³-hybridized carbons (Fsp3) is 0.300. The second-order valence-electron chi connectivity index (χ2n) is 6.68. The Bertz CT molecular complexity index is 968. The number of hydrogen-bond donors (Lipinski definition) is 1. The van der Waals surface area contributed by atoms with E-state index in [9.17, 15) is 18.0 Å². The second-order valence-corrected chi connectivity index (χ2v) is 7.62. The van der Waals surface area contributed by atoms with Crippen molar-refractivity contribution in [2.75, 3.05) is 5.75 Å². The van der Waals surface area contributed by atoms with Crippen LogP contribution in [0.25, 0.3) is 11.0 Å². The van der Waals surface area contributed by atoms with E-state index in [0.717, 1.165) is 17.7 Å². The molecular weight excluding hydrogens is 387 g/mol. The molecule has 0 saturated heterocycles. The van der Waals surface area contributed by atoms with Gasteiger partial charge in [-0.05, 0) is 37.6 Å². The van der Waals surface area contributed by atoms with Gasteiger partial charge >= 0.3 is 6.18 Å². The van der Waals surface area contributed by atoms with Crippen LogP contribution < -0.4 is 5.32 Å². The SMILES string of the molecule is CC(C)NC(=O)CSc1nc2cc(C(F)(F)F)ccc2n1Cc1ccccc1. The van der Waals surface area contributed by atoms with E-state index in [-0.39, 0.29) is 23.2 Å². The Hall–Kier alpha value is -2.48. The van der Waals surface area contributed by atoms with Crippen molar-refractivity contribution < 1.29 is 18.0 Å². The van der Waals surface area contributed by atoms with Gasteiger partial charge < -0.3 is 9.88 Å². The lowest BCUT2D eigenvalue weighted by Crippen LogP contribution is -2.31. The summed E-state index contributed by atoms with van der Waals surface area (Å²) in [6.45, 7) is 4.19. The molecule has 0 aliphatic rings. The summed E-state index contributed by atoms with van der Waals surface area (Å²) in [5.74, 6) is -0.00288. The van der Waals surface area contributed by atoms with Gasteiger partial charge in [-0.2, -0.15) is 13.2 Å². The van der Waals surface area contributed by atoms with E-state index in [1.807, 2.05) is 48.7 Å². The van der Waals surface area contributed by atoms with Crippen LogP contribution in [0.5, 0.6) is 0 Å². The van der Waals surface area contributed by atoms with Crippen molar-refractivity contribution in [1.82, 2.24) is 14.9 Å². The van der Waals surface area contributed by atoms with Crippen LogP contribution in [0.1, 0.15) is 25.0 Å². The maximum absolute atomic E-state index is 13.1. The van der Waals surface area contributed by atoms with Crippen molar-refractivity contribution in [2.45, 2.75) is 37.8 Å². The van der Waals surface area contributed by atoms with Crippen LogP contribution in [0.4, 0.5) is 13.2 Å². The zero-order valence-electron chi connectivity index (χ0n) is 15.5. The monoisotopic (exact) mass is 407 g/mol. The van der Waals surface area contributed by atoms with Gasteiger partial charge in [-0.15, -0.1) is 0 Å². The number of carbonyl (C=O) groups excluding carboxylic acids is 1. The average Bonchev–Trinajstić information content (AvgIpc) is 2.96. The molecule has 0 aliphatic heterocycles. The Labute approximate surface area is 165 Å².